The van der Waals surface area contributed by atoms with Gasteiger partial charge in [-0.1, -0.05) is 7.43 Å². The van der Waals surface area contributed by atoms with E-state index in [-0.39, 0.29) is 7.43 Å². The van der Waals surface area contributed by atoms with Crippen molar-refractivity contribution >= 4 is 10.4 Å². The van der Waals surface area contributed by atoms with E-state index in [1.165, 1.54) is 0 Å². The Morgan fingerprint density at radius 2 is 1.30 bits per heavy atom. The van der Waals surface area contributed by atoms with Gasteiger partial charge in [0.15, 0.2) is 0 Å². The van der Waals surface area contributed by atoms with Gasteiger partial charge in [0.2, 0.25) is 0 Å². The van der Waals surface area contributed by atoms with E-state index < -0.39 is 15.5 Å². The summed E-state index contributed by atoms with van der Waals surface area (Å²) in [6, 6.07) is 0. The lowest BCUT2D eigenvalue weighted by Crippen LogP contribution is -1.89. The van der Waals surface area contributed by atoms with E-state index in [1.807, 2.05) is 0 Å². The first-order valence-corrected chi connectivity index (χ1v) is 2.66. The van der Waals surface area contributed by atoms with Crippen LogP contribution < -0.4 is 0 Å². The Morgan fingerprint density at radius 1 is 1.30 bits per heavy atom. The van der Waals surface area contributed by atoms with Gasteiger partial charge >= 0.3 is 10.4 Å². The molecule has 0 saturated carbocycles. The van der Waals surface area contributed by atoms with Crippen LogP contribution in [0.4, 0.5) is 0 Å². The van der Waals surface area contributed by atoms with Crippen molar-refractivity contribution in [3.63, 3.8) is 0 Å². The van der Waals surface area contributed by atoms with Crippen LogP contribution in [0.15, 0.2) is 0 Å². The molecule has 0 amide bonds. The van der Waals surface area contributed by atoms with E-state index >= 15 is 0 Å². The molecule has 0 aliphatic heterocycles. The first-order valence-electron chi connectivity index (χ1n) is 1.26. The lowest BCUT2D eigenvalue weighted by molar-refractivity contribution is -0.742. The molecule has 10 heavy (non-hydrogen) atoms. The number of rotatable bonds is 0. The zero-order chi connectivity index (χ0) is 8.08. The summed E-state index contributed by atoms with van der Waals surface area (Å²) in [5.41, 5.74) is 0. The fraction of sp³-hybridized carbons (Fsp3) is 1.00. The van der Waals surface area contributed by atoms with Gasteiger partial charge < -0.3 is 5.21 Å². The smallest absolute Gasteiger partial charge is 0.328 e. The van der Waals surface area contributed by atoms with Crippen LogP contribution >= 0.6 is 0 Å². The largest absolute Gasteiger partial charge is 0.394 e. The maximum absolute atomic E-state index is 8.74. The highest BCUT2D eigenvalue weighted by Gasteiger charge is 1.84. The van der Waals surface area contributed by atoms with E-state index in [2.05, 4.69) is 0 Å². The van der Waals surface area contributed by atoms with Crippen molar-refractivity contribution in [2.45, 2.75) is 7.43 Å². The van der Waals surface area contributed by atoms with Crippen LogP contribution in [0.5, 0.6) is 0 Å². The monoisotopic (exact) mass is 177 g/mol. The Bertz CT molecular complexity index is 156. The summed E-state index contributed by atoms with van der Waals surface area (Å²) in [7, 11) is -4.67. The van der Waals surface area contributed by atoms with Crippen LogP contribution in [0.2, 0.25) is 0 Å². The molecule has 0 bridgehead atoms. The lowest BCUT2D eigenvalue weighted by atomic mass is 12.0. The standard InChI is InChI=1S/CH4.HNO3.H2O4S/c;2-1(3)4;1-5(2,3)4/h1H4;(H,2,3,4);(H2,1,2,3,4). The molecular formula is CH7NO7S. The molecule has 0 saturated heterocycles. The molecule has 0 radical (unpaired) electrons. The van der Waals surface area contributed by atoms with Crippen LogP contribution in [0.25, 0.3) is 0 Å². The summed E-state index contributed by atoms with van der Waals surface area (Å²) in [5.74, 6) is 0. The minimum absolute atomic E-state index is 0. The van der Waals surface area contributed by atoms with Crippen molar-refractivity contribution in [3.05, 3.63) is 10.1 Å². The second-order valence-electron chi connectivity index (χ2n) is 0.686. The van der Waals surface area contributed by atoms with Gasteiger partial charge in [-0.15, -0.1) is 10.1 Å². The minimum Gasteiger partial charge on any atom is -0.328 e. The van der Waals surface area contributed by atoms with Gasteiger partial charge in [-0.05, 0) is 0 Å². The third-order valence-electron chi connectivity index (χ3n) is 0. The van der Waals surface area contributed by atoms with Crippen LogP contribution in [-0.4, -0.2) is 27.8 Å². The topological polar surface area (TPSA) is 138 Å². The van der Waals surface area contributed by atoms with Crippen molar-refractivity contribution < 1.29 is 27.8 Å². The summed E-state index contributed by atoms with van der Waals surface area (Å²) in [6.07, 6.45) is 0. The number of hydrogen-bond donors (Lipinski definition) is 3. The van der Waals surface area contributed by atoms with E-state index in [1.54, 1.807) is 0 Å². The first kappa shape index (κ1) is 16.0. The molecule has 0 aliphatic carbocycles. The lowest BCUT2D eigenvalue weighted by Gasteiger charge is -1.68. The Labute approximate surface area is 56.8 Å². The normalized spacial score (nSPS) is 8.20. The Hall–Kier alpha value is -0.930. The molecule has 3 N–H and O–H groups in total. The highest BCUT2D eigenvalue weighted by atomic mass is 32.3. The molecule has 0 aromatic carbocycles. The molecule has 0 fully saturated rings. The molecule has 0 aromatic rings. The third kappa shape index (κ3) is 301. The fourth-order valence-corrected chi connectivity index (χ4v) is 0. The molecule has 8 nitrogen and oxygen atoms in total. The second kappa shape index (κ2) is 6.19. The molecule has 0 spiro atoms. The van der Waals surface area contributed by atoms with Crippen LogP contribution in [-0.2, 0) is 10.4 Å². The van der Waals surface area contributed by atoms with Crippen molar-refractivity contribution in [1.29, 1.82) is 0 Å². The first-order chi connectivity index (χ1) is 3.73. The Balaban J connectivity index is -0.0000000910. The highest BCUT2D eigenvalue weighted by molar-refractivity contribution is 7.79. The SMILES string of the molecule is C.O=S(=O)(O)O.O=[N+]([O-])O. The van der Waals surface area contributed by atoms with Gasteiger partial charge in [0, 0.05) is 0 Å². The second-order valence-corrected chi connectivity index (χ2v) is 1.58. The van der Waals surface area contributed by atoms with E-state index in [0.717, 1.165) is 0 Å². The summed E-state index contributed by atoms with van der Waals surface area (Å²) < 4.78 is 31.6. The van der Waals surface area contributed by atoms with Crippen molar-refractivity contribution in [3.8, 4) is 0 Å². The van der Waals surface area contributed by atoms with Crippen molar-refractivity contribution in [1.82, 2.24) is 0 Å². The van der Waals surface area contributed by atoms with Crippen LogP contribution in [0.1, 0.15) is 7.43 Å². The van der Waals surface area contributed by atoms with E-state index in [0.29, 0.717) is 0 Å². The summed E-state index contributed by atoms with van der Waals surface area (Å²) >= 11 is 0. The van der Waals surface area contributed by atoms with E-state index in [9.17, 15) is 0 Å². The Kier molecular flexibility index (Phi) is 9.93. The molecule has 0 aliphatic rings. The average Bonchev–Trinajstić information content (AvgIpc) is 1.19. The average molecular weight is 177 g/mol. The van der Waals surface area contributed by atoms with Crippen LogP contribution in [0, 0.1) is 10.1 Å². The molecule has 0 atom stereocenters. The summed E-state index contributed by atoms with van der Waals surface area (Å²) in [4.78, 5) is 8.36. The van der Waals surface area contributed by atoms with Crippen LogP contribution in [0.3, 0.4) is 0 Å². The van der Waals surface area contributed by atoms with Gasteiger partial charge in [-0.3, -0.25) is 9.11 Å². The molecular weight excluding hydrogens is 170 g/mol. The maximum Gasteiger partial charge on any atom is 0.394 e. The highest BCUT2D eigenvalue weighted by Crippen LogP contribution is 1.59. The summed E-state index contributed by atoms with van der Waals surface area (Å²) in [5, 5.41) is 13.6. The molecule has 0 heterocycles. The molecule has 0 unspecified atom stereocenters. The van der Waals surface area contributed by atoms with Gasteiger partial charge in [0.25, 0.3) is 5.09 Å². The molecule has 0 aromatic heterocycles. The molecule has 64 valence electrons. The maximum atomic E-state index is 8.74. The predicted octanol–water partition coefficient (Wildman–Crippen LogP) is -0.364. The number of nitrogens with zero attached hydrogens (tertiary/aromatic N) is 1. The predicted molar refractivity (Wildman–Crippen MR) is 29.7 cm³/mol. The molecule has 9 heteroatoms. The fourth-order valence-electron chi connectivity index (χ4n) is 0. The van der Waals surface area contributed by atoms with Gasteiger partial charge in [0.1, 0.15) is 0 Å². The zero-order valence-corrected chi connectivity index (χ0v) is 4.65. The van der Waals surface area contributed by atoms with Gasteiger partial charge in [-0.25, -0.2) is 0 Å². The quantitative estimate of drug-likeness (QED) is 0.260. The van der Waals surface area contributed by atoms with Crippen molar-refractivity contribution in [2.75, 3.05) is 0 Å². The van der Waals surface area contributed by atoms with Gasteiger partial charge in [0.05, 0.1) is 0 Å². The molecule has 0 rings (SSSR count). The van der Waals surface area contributed by atoms with Gasteiger partial charge in [-0.2, -0.15) is 8.42 Å². The Morgan fingerprint density at radius 3 is 1.30 bits per heavy atom. The zero-order valence-electron chi connectivity index (χ0n) is 3.83. The minimum atomic E-state index is -4.67. The third-order valence-corrected chi connectivity index (χ3v) is 0. The van der Waals surface area contributed by atoms with E-state index in [4.69, 9.17) is 32.8 Å². The number of hydrogen-bond acceptors (Lipinski definition) is 4. The van der Waals surface area contributed by atoms with Crippen molar-refractivity contribution in [2.24, 2.45) is 0 Å². The summed E-state index contributed by atoms with van der Waals surface area (Å²) in [6.45, 7) is 0.